The van der Waals surface area contributed by atoms with Gasteiger partial charge in [0.1, 0.15) is 0 Å². The minimum Gasteiger partial charge on any atom is -0.379 e. The molecule has 0 fully saturated rings. The van der Waals surface area contributed by atoms with Crippen LogP contribution in [0.3, 0.4) is 0 Å². The minimum absolute atomic E-state index is 0.0762. The number of unbranched alkanes of at least 4 members (excludes halogenated alkanes) is 1. The number of nitrogens with two attached hydrogens (primary N) is 1. The van der Waals surface area contributed by atoms with Crippen LogP contribution in [0.1, 0.15) is 40.5 Å². The Labute approximate surface area is 106 Å². The molecule has 3 unspecified atom stereocenters. The topological polar surface area (TPSA) is 53.7 Å². The van der Waals surface area contributed by atoms with E-state index in [0.717, 1.165) is 19.4 Å². The molecule has 0 saturated heterocycles. The summed E-state index contributed by atoms with van der Waals surface area (Å²) in [5, 5.41) is 0. The molecule has 0 aromatic heterocycles. The number of rotatable bonds is 11. The predicted molar refractivity (Wildman–Crippen MR) is 70.2 cm³/mol. The first-order valence-corrected chi connectivity index (χ1v) is 6.62. The van der Waals surface area contributed by atoms with Crippen LogP contribution >= 0.6 is 0 Å². The summed E-state index contributed by atoms with van der Waals surface area (Å²) in [6.45, 7) is 10.7. The van der Waals surface area contributed by atoms with Crippen molar-refractivity contribution in [2.75, 3.05) is 26.4 Å². The highest BCUT2D eigenvalue weighted by atomic mass is 16.6. The Kier molecular flexibility index (Phi) is 10.9. The average Bonchev–Trinajstić information content (AvgIpc) is 2.29. The van der Waals surface area contributed by atoms with E-state index in [2.05, 4.69) is 6.92 Å². The monoisotopic (exact) mass is 247 g/mol. The van der Waals surface area contributed by atoms with Gasteiger partial charge in [0.05, 0.1) is 32.0 Å². The van der Waals surface area contributed by atoms with E-state index in [1.165, 1.54) is 0 Å². The van der Waals surface area contributed by atoms with Gasteiger partial charge in [-0.15, -0.1) is 0 Å². The highest BCUT2D eigenvalue weighted by molar-refractivity contribution is 4.55. The lowest BCUT2D eigenvalue weighted by Gasteiger charge is -2.18. The Hall–Kier alpha value is -0.160. The van der Waals surface area contributed by atoms with Gasteiger partial charge < -0.3 is 19.9 Å². The minimum atomic E-state index is 0.0762. The van der Waals surface area contributed by atoms with Crippen LogP contribution < -0.4 is 5.73 Å². The van der Waals surface area contributed by atoms with E-state index in [1.807, 2.05) is 20.8 Å². The van der Waals surface area contributed by atoms with E-state index in [9.17, 15) is 0 Å². The second-order valence-electron chi connectivity index (χ2n) is 4.69. The summed E-state index contributed by atoms with van der Waals surface area (Å²) in [5.74, 6) is 0. The number of hydrogen-bond donors (Lipinski definition) is 1. The highest BCUT2D eigenvalue weighted by Crippen LogP contribution is 1.99. The van der Waals surface area contributed by atoms with Gasteiger partial charge in [-0.25, -0.2) is 0 Å². The molecule has 0 aromatic carbocycles. The number of hydrogen-bond acceptors (Lipinski definition) is 4. The van der Waals surface area contributed by atoms with E-state index in [0.29, 0.717) is 19.8 Å². The van der Waals surface area contributed by atoms with Crippen LogP contribution in [0.25, 0.3) is 0 Å². The zero-order chi connectivity index (χ0) is 13.1. The van der Waals surface area contributed by atoms with Crippen molar-refractivity contribution in [3.63, 3.8) is 0 Å². The Morgan fingerprint density at radius 2 is 1.53 bits per heavy atom. The lowest BCUT2D eigenvalue weighted by molar-refractivity contribution is -0.0585. The molecular formula is C13H29NO3. The van der Waals surface area contributed by atoms with Gasteiger partial charge >= 0.3 is 0 Å². The van der Waals surface area contributed by atoms with Crippen molar-refractivity contribution in [2.24, 2.45) is 5.73 Å². The van der Waals surface area contributed by atoms with Gasteiger partial charge in [0.15, 0.2) is 0 Å². The summed E-state index contributed by atoms with van der Waals surface area (Å²) >= 11 is 0. The van der Waals surface area contributed by atoms with E-state index < -0.39 is 0 Å². The van der Waals surface area contributed by atoms with Gasteiger partial charge in [-0.2, -0.15) is 0 Å². The van der Waals surface area contributed by atoms with Gasteiger partial charge in [0, 0.05) is 12.6 Å². The molecular weight excluding hydrogens is 218 g/mol. The zero-order valence-corrected chi connectivity index (χ0v) is 11.8. The van der Waals surface area contributed by atoms with Crippen LogP contribution in [-0.4, -0.2) is 44.7 Å². The lowest BCUT2D eigenvalue weighted by Crippen LogP contribution is -2.28. The summed E-state index contributed by atoms with van der Waals surface area (Å²) in [7, 11) is 0. The third-order valence-electron chi connectivity index (χ3n) is 2.25. The summed E-state index contributed by atoms with van der Waals surface area (Å²) < 4.78 is 16.6. The lowest BCUT2D eigenvalue weighted by atomic mass is 10.3. The maximum atomic E-state index is 5.63. The normalized spacial score (nSPS) is 16.8. The molecule has 0 aliphatic carbocycles. The molecule has 0 amide bonds. The molecule has 0 saturated carbocycles. The van der Waals surface area contributed by atoms with E-state index in [1.54, 1.807) is 0 Å². The third kappa shape index (κ3) is 12.1. The van der Waals surface area contributed by atoms with Gasteiger partial charge in [-0.3, -0.25) is 0 Å². The Balaban J connectivity index is 3.38. The van der Waals surface area contributed by atoms with Gasteiger partial charge in [-0.1, -0.05) is 13.3 Å². The molecule has 104 valence electrons. The maximum absolute atomic E-state index is 5.63. The third-order valence-corrected chi connectivity index (χ3v) is 2.25. The van der Waals surface area contributed by atoms with Crippen molar-refractivity contribution in [1.29, 1.82) is 0 Å². The van der Waals surface area contributed by atoms with Crippen molar-refractivity contribution in [3.05, 3.63) is 0 Å². The van der Waals surface area contributed by atoms with Crippen LogP contribution in [-0.2, 0) is 14.2 Å². The van der Waals surface area contributed by atoms with Crippen LogP contribution in [0.2, 0.25) is 0 Å². The van der Waals surface area contributed by atoms with Crippen molar-refractivity contribution in [1.82, 2.24) is 0 Å². The van der Waals surface area contributed by atoms with Gasteiger partial charge in [0.2, 0.25) is 0 Å². The van der Waals surface area contributed by atoms with Crippen molar-refractivity contribution >= 4 is 0 Å². The van der Waals surface area contributed by atoms with Crippen LogP contribution in [0, 0.1) is 0 Å². The molecule has 0 bridgehead atoms. The van der Waals surface area contributed by atoms with Crippen molar-refractivity contribution in [3.8, 4) is 0 Å². The first kappa shape index (κ1) is 16.8. The Morgan fingerprint density at radius 3 is 2.12 bits per heavy atom. The van der Waals surface area contributed by atoms with Crippen LogP contribution in [0.5, 0.6) is 0 Å². The molecule has 4 heteroatoms. The largest absolute Gasteiger partial charge is 0.379 e. The van der Waals surface area contributed by atoms with Gasteiger partial charge in [-0.05, 0) is 27.2 Å². The van der Waals surface area contributed by atoms with Gasteiger partial charge in [0.25, 0.3) is 0 Å². The van der Waals surface area contributed by atoms with E-state index in [4.69, 9.17) is 19.9 Å². The quantitative estimate of drug-likeness (QED) is 0.567. The van der Waals surface area contributed by atoms with Crippen LogP contribution in [0.4, 0.5) is 0 Å². The van der Waals surface area contributed by atoms with E-state index in [-0.39, 0.29) is 18.2 Å². The molecule has 0 aliphatic heterocycles. The Bertz CT molecular complexity index is 165. The fraction of sp³-hybridized carbons (Fsp3) is 1.00. The molecule has 0 spiro atoms. The Morgan fingerprint density at radius 1 is 0.941 bits per heavy atom. The smallest absolute Gasteiger partial charge is 0.0781 e. The average molecular weight is 247 g/mol. The predicted octanol–water partition coefficient (Wildman–Crippen LogP) is 1.96. The summed E-state index contributed by atoms with van der Waals surface area (Å²) in [5.41, 5.74) is 5.61. The first-order chi connectivity index (χ1) is 8.06. The second-order valence-corrected chi connectivity index (χ2v) is 4.69. The van der Waals surface area contributed by atoms with Crippen molar-refractivity contribution < 1.29 is 14.2 Å². The van der Waals surface area contributed by atoms with E-state index >= 15 is 0 Å². The number of ether oxygens (including phenoxy) is 3. The van der Waals surface area contributed by atoms with Crippen LogP contribution in [0.15, 0.2) is 0 Å². The summed E-state index contributed by atoms with van der Waals surface area (Å²) in [6.07, 6.45) is 2.48. The molecule has 2 N–H and O–H groups in total. The summed E-state index contributed by atoms with van der Waals surface area (Å²) in [6, 6.07) is 0.0762. The SMILES string of the molecule is CCCCOCC(C)OCC(C)OCC(C)N. The molecule has 0 heterocycles. The molecule has 0 aliphatic rings. The summed E-state index contributed by atoms with van der Waals surface area (Å²) in [4.78, 5) is 0. The molecule has 3 atom stereocenters. The molecule has 4 nitrogen and oxygen atoms in total. The maximum Gasteiger partial charge on any atom is 0.0781 e. The van der Waals surface area contributed by atoms with Crippen molar-refractivity contribution in [2.45, 2.75) is 58.8 Å². The zero-order valence-electron chi connectivity index (χ0n) is 11.8. The molecule has 0 aromatic rings. The molecule has 17 heavy (non-hydrogen) atoms. The standard InChI is InChI=1S/C13H29NO3/c1-5-6-7-15-9-12(3)17-10-13(4)16-8-11(2)14/h11-13H,5-10,14H2,1-4H3. The fourth-order valence-corrected chi connectivity index (χ4v) is 1.21. The second kappa shape index (κ2) is 11.0. The highest BCUT2D eigenvalue weighted by Gasteiger charge is 2.08. The first-order valence-electron chi connectivity index (χ1n) is 6.62. The molecule has 0 rings (SSSR count). The fourth-order valence-electron chi connectivity index (χ4n) is 1.21. The molecule has 0 radical (unpaired) electrons.